The number of fused-ring (bicyclic) bond motifs is 1. The van der Waals surface area contributed by atoms with Crippen LogP contribution in [-0.2, 0) is 9.59 Å². The van der Waals surface area contributed by atoms with Gasteiger partial charge in [0.2, 0.25) is 0 Å². The zero-order chi connectivity index (χ0) is 20.4. The molecule has 0 aliphatic rings. The Balaban J connectivity index is 1.84. The molecule has 146 valence electrons. The Morgan fingerprint density at radius 3 is 2.64 bits per heavy atom. The fourth-order valence-corrected chi connectivity index (χ4v) is 3.31. The van der Waals surface area contributed by atoms with Crippen LogP contribution in [0.15, 0.2) is 36.5 Å². The smallest absolute Gasteiger partial charge is 0.374 e. The van der Waals surface area contributed by atoms with Gasteiger partial charge in [-0.25, -0.2) is 4.79 Å². The molecule has 0 bridgehead atoms. The molecule has 0 aliphatic carbocycles. The average Bonchev–Trinajstić information content (AvgIpc) is 3.06. The predicted molar refractivity (Wildman–Crippen MR) is 110 cm³/mol. The van der Waals surface area contributed by atoms with Crippen LogP contribution in [0.4, 0.5) is 5.69 Å². The number of rotatable bonds is 7. The molecule has 0 amide bonds. The largest absolute Gasteiger partial charge is 0.475 e. The van der Waals surface area contributed by atoms with E-state index < -0.39 is 11.8 Å². The molecule has 0 spiro atoms. The second kappa shape index (κ2) is 7.94. The van der Waals surface area contributed by atoms with Crippen molar-refractivity contribution in [3.63, 3.8) is 0 Å². The number of carbonyl (C=O) groups excluding carboxylic acids is 1. The van der Waals surface area contributed by atoms with Crippen molar-refractivity contribution in [2.45, 2.75) is 26.7 Å². The molecule has 1 heterocycles. The van der Waals surface area contributed by atoms with Crippen molar-refractivity contribution in [2.24, 2.45) is 0 Å². The third-order valence-corrected chi connectivity index (χ3v) is 4.73. The minimum atomic E-state index is -1.48. The van der Waals surface area contributed by atoms with E-state index in [4.69, 9.17) is 21.4 Å². The molecule has 2 aromatic carbocycles. The monoisotopic (exact) mass is 400 g/mol. The van der Waals surface area contributed by atoms with Crippen molar-refractivity contribution in [2.75, 3.05) is 11.9 Å². The molecule has 0 saturated heterocycles. The Kier molecular flexibility index (Phi) is 5.61. The van der Waals surface area contributed by atoms with Crippen LogP contribution >= 0.6 is 11.6 Å². The first kappa shape index (κ1) is 19.8. The molecule has 3 N–H and O–H groups in total. The molecule has 0 aliphatic heterocycles. The molecule has 28 heavy (non-hydrogen) atoms. The van der Waals surface area contributed by atoms with E-state index in [0.29, 0.717) is 28.1 Å². The predicted octanol–water partition coefficient (Wildman–Crippen LogP) is 5.11. The molecule has 7 heteroatoms. The van der Waals surface area contributed by atoms with Crippen LogP contribution in [0.3, 0.4) is 0 Å². The van der Waals surface area contributed by atoms with E-state index in [9.17, 15) is 9.59 Å². The molecule has 3 aromatic rings. The van der Waals surface area contributed by atoms with E-state index >= 15 is 0 Å². The number of carboxylic acid groups (broad SMARTS) is 1. The number of benzene rings is 2. The van der Waals surface area contributed by atoms with Crippen LogP contribution in [0.1, 0.15) is 30.9 Å². The van der Waals surface area contributed by atoms with Crippen molar-refractivity contribution in [1.29, 1.82) is 0 Å². The number of aromatic amines is 1. The van der Waals surface area contributed by atoms with Crippen molar-refractivity contribution in [1.82, 2.24) is 4.98 Å². The first-order valence-corrected chi connectivity index (χ1v) is 9.23. The first-order chi connectivity index (χ1) is 13.3. The highest BCUT2D eigenvalue weighted by Crippen LogP contribution is 2.37. The van der Waals surface area contributed by atoms with Gasteiger partial charge >= 0.3 is 5.97 Å². The Labute approximate surface area is 167 Å². The zero-order valence-corrected chi connectivity index (χ0v) is 16.6. The van der Waals surface area contributed by atoms with Crippen molar-refractivity contribution < 1.29 is 19.4 Å². The standard InChI is InChI=1S/C21H21ClN2O4/c1-11(2)16-9-24-18-5-4-14(8-15(16)18)28-20-12(3)6-13(7-17(20)22)23-10-19(25)21(26)27/h4-9,11,23-24H,10H2,1-3H3,(H,26,27). The van der Waals surface area contributed by atoms with Crippen LogP contribution in [0.25, 0.3) is 10.9 Å². The van der Waals surface area contributed by atoms with Gasteiger partial charge in [0.25, 0.3) is 5.78 Å². The lowest BCUT2D eigenvalue weighted by Crippen LogP contribution is -2.22. The lowest BCUT2D eigenvalue weighted by Gasteiger charge is -2.14. The normalized spacial score (nSPS) is 11.0. The molecular weight excluding hydrogens is 380 g/mol. The van der Waals surface area contributed by atoms with Crippen LogP contribution in [0.5, 0.6) is 11.5 Å². The molecular formula is C21H21ClN2O4. The number of aliphatic carboxylic acids is 1. The fraction of sp³-hybridized carbons (Fsp3) is 0.238. The Hall–Kier alpha value is -2.99. The van der Waals surface area contributed by atoms with Gasteiger partial charge in [-0.05, 0) is 54.3 Å². The summed E-state index contributed by atoms with van der Waals surface area (Å²) < 4.78 is 6.04. The summed E-state index contributed by atoms with van der Waals surface area (Å²) in [5, 5.41) is 12.9. The number of anilines is 1. The summed E-state index contributed by atoms with van der Waals surface area (Å²) in [5.41, 5.74) is 3.57. The second-order valence-electron chi connectivity index (χ2n) is 6.89. The van der Waals surface area contributed by atoms with E-state index in [1.807, 2.05) is 31.3 Å². The highest BCUT2D eigenvalue weighted by molar-refractivity contribution is 6.34. The molecule has 0 radical (unpaired) electrons. The Morgan fingerprint density at radius 1 is 1.25 bits per heavy atom. The maximum absolute atomic E-state index is 11.2. The number of ketones is 1. The van der Waals surface area contributed by atoms with Crippen LogP contribution in [-0.4, -0.2) is 28.4 Å². The third-order valence-electron chi connectivity index (χ3n) is 4.45. The van der Waals surface area contributed by atoms with Gasteiger partial charge in [-0.15, -0.1) is 0 Å². The van der Waals surface area contributed by atoms with Gasteiger partial charge < -0.3 is 20.1 Å². The van der Waals surface area contributed by atoms with E-state index in [0.717, 1.165) is 16.5 Å². The van der Waals surface area contributed by atoms with E-state index in [1.165, 1.54) is 5.56 Å². The highest BCUT2D eigenvalue weighted by Gasteiger charge is 2.14. The third kappa shape index (κ3) is 4.12. The summed E-state index contributed by atoms with van der Waals surface area (Å²) in [7, 11) is 0. The van der Waals surface area contributed by atoms with Gasteiger partial charge in [-0.3, -0.25) is 4.79 Å². The molecule has 0 fully saturated rings. The number of nitrogens with one attached hydrogen (secondary N) is 2. The van der Waals surface area contributed by atoms with Gasteiger partial charge in [0.1, 0.15) is 11.5 Å². The van der Waals surface area contributed by atoms with E-state index in [2.05, 4.69) is 24.1 Å². The van der Waals surface area contributed by atoms with Gasteiger partial charge in [0.05, 0.1) is 11.6 Å². The van der Waals surface area contributed by atoms with Crippen LogP contribution in [0.2, 0.25) is 5.02 Å². The summed E-state index contributed by atoms with van der Waals surface area (Å²) in [6, 6.07) is 9.18. The number of aryl methyl sites for hydroxylation is 1. The molecule has 0 saturated carbocycles. The minimum Gasteiger partial charge on any atom is -0.475 e. The van der Waals surface area contributed by atoms with E-state index in [1.54, 1.807) is 12.1 Å². The number of H-pyrrole nitrogens is 1. The topological polar surface area (TPSA) is 91.4 Å². The number of ether oxygens (including phenoxy) is 1. The highest BCUT2D eigenvalue weighted by atomic mass is 35.5. The maximum Gasteiger partial charge on any atom is 0.374 e. The Bertz CT molecular complexity index is 1030. The number of aromatic nitrogens is 1. The molecule has 3 rings (SSSR count). The number of hydrogen-bond donors (Lipinski definition) is 3. The van der Waals surface area contributed by atoms with Gasteiger partial charge in [0, 0.05) is 22.8 Å². The van der Waals surface area contributed by atoms with Gasteiger partial charge in [-0.2, -0.15) is 0 Å². The van der Waals surface area contributed by atoms with Crippen molar-refractivity contribution in [3.8, 4) is 11.5 Å². The van der Waals surface area contributed by atoms with Crippen molar-refractivity contribution >= 4 is 39.9 Å². The van der Waals surface area contributed by atoms with Crippen LogP contribution in [0, 0.1) is 6.92 Å². The number of Topliss-reactive ketones (excluding diaryl/α,β-unsaturated/α-hetero) is 1. The SMILES string of the molecule is Cc1cc(NCC(=O)C(=O)O)cc(Cl)c1Oc1ccc2[nH]cc(C(C)C)c2c1. The minimum absolute atomic E-state index is 0.312. The van der Waals surface area contributed by atoms with E-state index in [-0.39, 0.29) is 6.54 Å². The van der Waals surface area contributed by atoms with Crippen molar-refractivity contribution in [3.05, 3.63) is 52.7 Å². The summed E-state index contributed by atoms with van der Waals surface area (Å²) in [5.74, 6) is -0.835. The molecule has 0 unspecified atom stereocenters. The fourth-order valence-electron chi connectivity index (χ4n) is 3.00. The van der Waals surface area contributed by atoms with Gasteiger partial charge in [0.15, 0.2) is 0 Å². The first-order valence-electron chi connectivity index (χ1n) is 8.85. The quantitative estimate of drug-likeness (QED) is 0.479. The van der Waals surface area contributed by atoms with Crippen LogP contribution < -0.4 is 10.1 Å². The Morgan fingerprint density at radius 2 is 2.00 bits per heavy atom. The van der Waals surface area contributed by atoms with Gasteiger partial charge in [-0.1, -0.05) is 25.4 Å². The summed E-state index contributed by atoms with van der Waals surface area (Å²) >= 11 is 6.37. The molecule has 1 aromatic heterocycles. The number of halogens is 1. The molecule has 0 atom stereocenters. The molecule has 6 nitrogen and oxygen atoms in total. The number of carboxylic acids is 1. The lowest BCUT2D eigenvalue weighted by molar-refractivity contribution is -0.148. The summed E-state index contributed by atoms with van der Waals surface area (Å²) in [6.45, 7) is 5.79. The average molecular weight is 401 g/mol. The maximum atomic E-state index is 11.2. The second-order valence-corrected chi connectivity index (χ2v) is 7.30. The lowest BCUT2D eigenvalue weighted by atomic mass is 10.0. The zero-order valence-electron chi connectivity index (χ0n) is 15.8. The summed E-state index contributed by atoms with van der Waals surface area (Å²) in [6.07, 6.45) is 2.01. The number of hydrogen-bond acceptors (Lipinski definition) is 4. The number of carbonyl (C=O) groups is 2. The summed E-state index contributed by atoms with van der Waals surface area (Å²) in [4.78, 5) is 25.1.